The van der Waals surface area contributed by atoms with Crippen LogP contribution in [-0.2, 0) is 4.79 Å². The summed E-state index contributed by atoms with van der Waals surface area (Å²) in [7, 11) is 0. The summed E-state index contributed by atoms with van der Waals surface area (Å²) < 4.78 is 0. The summed E-state index contributed by atoms with van der Waals surface area (Å²) in [6.45, 7) is -0.441. The molecule has 3 unspecified atom stereocenters. The highest BCUT2D eigenvalue weighted by atomic mass is 16.4. The van der Waals surface area contributed by atoms with Gasteiger partial charge in [-0.2, -0.15) is 0 Å². The summed E-state index contributed by atoms with van der Waals surface area (Å²) in [5, 5.41) is 47.5. The fourth-order valence-corrected chi connectivity index (χ4v) is 6.46. The third kappa shape index (κ3) is 3.11. The largest absolute Gasteiger partial charge is 0.512 e. The Hall–Kier alpha value is -4.29. The number of aliphatic hydroxyl groups is 3. The van der Waals surface area contributed by atoms with Gasteiger partial charge in [0.15, 0.2) is 0 Å². The first-order chi connectivity index (χ1) is 17.4. The standard InChI is InChI=1S/C30H25NO5/c32-23-13-17-7-1-4-10-20(17)27(23)30(31-16-26(35)36,28-21-11-5-2-8-18(21)14-24(28)33)29-22-12-6-3-9-19(22)15-25(29)34/h1-15,27-29,31-34H,16H2,(H,35,36). The van der Waals surface area contributed by atoms with E-state index in [9.17, 15) is 25.2 Å². The van der Waals surface area contributed by atoms with Crippen molar-refractivity contribution >= 4 is 24.2 Å². The minimum absolute atomic E-state index is 0.0449. The Morgan fingerprint density at radius 3 is 1.31 bits per heavy atom. The Balaban J connectivity index is 1.69. The topological polar surface area (TPSA) is 110 Å². The molecule has 3 atom stereocenters. The maximum absolute atomic E-state index is 12.0. The number of carboxylic acids is 1. The van der Waals surface area contributed by atoms with Gasteiger partial charge in [0.05, 0.1) is 29.8 Å². The second kappa shape index (κ2) is 8.14. The van der Waals surface area contributed by atoms with Crippen LogP contribution in [0, 0.1) is 0 Å². The van der Waals surface area contributed by atoms with Gasteiger partial charge in [-0.15, -0.1) is 0 Å². The van der Waals surface area contributed by atoms with E-state index < -0.39 is 35.8 Å². The summed E-state index contributed by atoms with van der Waals surface area (Å²) >= 11 is 0. The second-order valence-corrected chi connectivity index (χ2v) is 9.57. The highest BCUT2D eigenvalue weighted by molar-refractivity contribution is 5.75. The zero-order valence-electron chi connectivity index (χ0n) is 19.3. The first-order valence-electron chi connectivity index (χ1n) is 11.9. The fraction of sp³-hybridized carbons (Fsp3) is 0.167. The lowest BCUT2D eigenvalue weighted by Gasteiger charge is -2.49. The van der Waals surface area contributed by atoms with Gasteiger partial charge in [0.1, 0.15) is 17.3 Å². The van der Waals surface area contributed by atoms with Crippen LogP contribution in [0.1, 0.15) is 51.1 Å². The maximum Gasteiger partial charge on any atom is 0.317 e. The molecule has 3 aliphatic rings. The molecule has 0 bridgehead atoms. The summed E-state index contributed by atoms with van der Waals surface area (Å²) in [4.78, 5) is 12.0. The first-order valence-corrected chi connectivity index (χ1v) is 11.9. The Kier molecular flexibility index (Phi) is 5.02. The molecule has 0 aromatic heterocycles. The number of aliphatic carboxylic acids is 1. The van der Waals surface area contributed by atoms with Crippen LogP contribution in [0.4, 0.5) is 0 Å². The van der Waals surface area contributed by atoms with Crippen molar-refractivity contribution in [3.05, 3.63) is 123 Å². The molecule has 3 aliphatic carbocycles. The molecule has 0 heterocycles. The van der Waals surface area contributed by atoms with Crippen LogP contribution in [0.3, 0.4) is 0 Å². The van der Waals surface area contributed by atoms with E-state index in [1.54, 1.807) is 18.2 Å². The molecule has 5 N–H and O–H groups in total. The van der Waals surface area contributed by atoms with E-state index in [0.29, 0.717) is 0 Å². The molecule has 0 aliphatic heterocycles. The van der Waals surface area contributed by atoms with Crippen molar-refractivity contribution in [1.82, 2.24) is 5.32 Å². The lowest BCUT2D eigenvalue weighted by atomic mass is 9.60. The smallest absolute Gasteiger partial charge is 0.317 e. The van der Waals surface area contributed by atoms with Crippen LogP contribution in [0.15, 0.2) is 90.1 Å². The summed E-state index contributed by atoms with van der Waals surface area (Å²) in [5.41, 5.74) is 3.45. The van der Waals surface area contributed by atoms with Gasteiger partial charge in [0, 0.05) is 0 Å². The van der Waals surface area contributed by atoms with Crippen molar-refractivity contribution in [3.63, 3.8) is 0 Å². The van der Waals surface area contributed by atoms with E-state index in [4.69, 9.17) is 0 Å². The van der Waals surface area contributed by atoms with E-state index in [1.165, 1.54) is 0 Å². The number of nitrogens with one attached hydrogen (secondary N) is 1. The number of rotatable bonds is 6. The molecule has 0 spiro atoms. The van der Waals surface area contributed by atoms with Gasteiger partial charge < -0.3 is 20.4 Å². The zero-order valence-corrected chi connectivity index (χ0v) is 19.3. The average molecular weight is 480 g/mol. The van der Waals surface area contributed by atoms with Gasteiger partial charge in [-0.05, 0) is 51.6 Å². The van der Waals surface area contributed by atoms with E-state index in [1.807, 2.05) is 72.8 Å². The van der Waals surface area contributed by atoms with Crippen LogP contribution in [-0.4, -0.2) is 38.5 Å². The first kappa shape index (κ1) is 22.2. The molecular weight excluding hydrogens is 454 g/mol. The van der Waals surface area contributed by atoms with Crippen molar-refractivity contribution < 1.29 is 25.2 Å². The molecule has 6 rings (SSSR count). The lowest BCUT2D eigenvalue weighted by molar-refractivity contribution is -0.136. The van der Waals surface area contributed by atoms with Gasteiger partial charge >= 0.3 is 5.97 Å². The molecule has 3 aromatic rings. The van der Waals surface area contributed by atoms with Crippen molar-refractivity contribution in [3.8, 4) is 0 Å². The molecule has 0 radical (unpaired) electrons. The molecule has 6 nitrogen and oxygen atoms in total. The van der Waals surface area contributed by atoms with E-state index >= 15 is 0 Å². The molecule has 3 aromatic carbocycles. The fourth-order valence-electron chi connectivity index (χ4n) is 6.46. The van der Waals surface area contributed by atoms with Crippen LogP contribution in [0.5, 0.6) is 0 Å². The minimum atomic E-state index is -1.37. The number of benzene rings is 3. The molecule has 0 saturated carbocycles. The van der Waals surface area contributed by atoms with Crippen molar-refractivity contribution in [2.75, 3.05) is 6.54 Å². The van der Waals surface area contributed by atoms with E-state index in [2.05, 4.69) is 5.32 Å². The average Bonchev–Trinajstić information content (AvgIpc) is 3.50. The zero-order chi connectivity index (χ0) is 25.0. The molecule has 0 saturated heterocycles. The Morgan fingerprint density at radius 1 is 0.639 bits per heavy atom. The predicted octanol–water partition coefficient (Wildman–Crippen LogP) is 5.49. The van der Waals surface area contributed by atoms with Crippen molar-refractivity contribution in [1.29, 1.82) is 0 Å². The SMILES string of the molecule is O=C(O)CNC(C1C(O)=Cc2ccccc21)(C1C(O)=Cc2ccccc21)C1C(O)=Cc2ccccc21. The summed E-state index contributed by atoms with van der Waals surface area (Å²) in [6.07, 6.45) is 5.04. The number of hydrogen-bond donors (Lipinski definition) is 5. The number of carboxylic acid groups (broad SMARTS) is 1. The van der Waals surface area contributed by atoms with Crippen molar-refractivity contribution in [2.45, 2.75) is 23.3 Å². The maximum atomic E-state index is 12.0. The minimum Gasteiger partial charge on any atom is -0.512 e. The lowest BCUT2D eigenvalue weighted by Crippen LogP contribution is -2.60. The van der Waals surface area contributed by atoms with Crippen LogP contribution >= 0.6 is 0 Å². The number of hydrogen-bond acceptors (Lipinski definition) is 5. The Bertz CT molecular complexity index is 1320. The third-order valence-corrected chi connectivity index (χ3v) is 7.70. The predicted molar refractivity (Wildman–Crippen MR) is 138 cm³/mol. The highest BCUT2D eigenvalue weighted by Gasteiger charge is 2.60. The number of carbonyl (C=O) groups is 1. The van der Waals surface area contributed by atoms with Crippen molar-refractivity contribution in [2.24, 2.45) is 0 Å². The normalized spacial score (nSPS) is 23.1. The van der Waals surface area contributed by atoms with E-state index in [-0.39, 0.29) is 17.3 Å². The van der Waals surface area contributed by atoms with Gasteiger partial charge in [0.2, 0.25) is 0 Å². The van der Waals surface area contributed by atoms with Crippen LogP contribution < -0.4 is 5.32 Å². The van der Waals surface area contributed by atoms with Crippen LogP contribution in [0.25, 0.3) is 18.2 Å². The molecule has 0 amide bonds. The Morgan fingerprint density at radius 2 is 0.972 bits per heavy atom. The number of fused-ring (bicyclic) bond motifs is 3. The second-order valence-electron chi connectivity index (χ2n) is 9.57. The molecule has 6 heteroatoms. The molecule has 36 heavy (non-hydrogen) atoms. The molecule has 0 fully saturated rings. The van der Waals surface area contributed by atoms with E-state index in [0.717, 1.165) is 33.4 Å². The highest BCUT2D eigenvalue weighted by Crippen LogP contribution is 2.60. The van der Waals surface area contributed by atoms with Crippen LogP contribution in [0.2, 0.25) is 0 Å². The van der Waals surface area contributed by atoms with Gasteiger partial charge in [-0.25, -0.2) is 0 Å². The Labute approximate surface area is 208 Å². The summed E-state index contributed by atoms with van der Waals surface area (Å²) in [6, 6.07) is 22.6. The quantitative estimate of drug-likeness (QED) is 0.320. The summed E-state index contributed by atoms with van der Waals surface area (Å²) in [5.74, 6) is -3.22. The monoisotopic (exact) mass is 479 g/mol. The molecule has 180 valence electrons. The van der Waals surface area contributed by atoms with Gasteiger partial charge in [-0.1, -0.05) is 72.8 Å². The number of aliphatic hydroxyl groups excluding tert-OH is 3. The van der Waals surface area contributed by atoms with Gasteiger partial charge in [-0.3, -0.25) is 10.1 Å². The molecular formula is C30H25NO5. The third-order valence-electron chi connectivity index (χ3n) is 7.70. The van der Waals surface area contributed by atoms with Gasteiger partial charge in [0.25, 0.3) is 0 Å².